The lowest BCUT2D eigenvalue weighted by Gasteiger charge is -2.36. The predicted molar refractivity (Wildman–Crippen MR) is 88.2 cm³/mol. The Kier molecular flexibility index (Phi) is 5.01. The van der Waals surface area contributed by atoms with Crippen molar-refractivity contribution in [2.24, 2.45) is 11.8 Å². The molecule has 0 unspecified atom stereocenters. The van der Waals surface area contributed by atoms with Crippen LogP contribution in [0.3, 0.4) is 0 Å². The highest BCUT2D eigenvalue weighted by Gasteiger charge is 2.40. The second-order valence-corrected chi connectivity index (χ2v) is 6.93. The summed E-state index contributed by atoms with van der Waals surface area (Å²) >= 11 is 0. The van der Waals surface area contributed by atoms with Gasteiger partial charge in [0.25, 0.3) is 0 Å². The first-order valence-corrected chi connectivity index (χ1v) is 8.27. The Morgan fingerprint density at radius 2 is 2.05 bits per heavy atom. The predicted octanol–water partition coefficient (Wildman–Crippen LogP) is 2.09. The fourth-order valence-electron chi connectivity index (χ4n) is 3.84. The van der Waals surface area contributed by atoms with Crippen molar-refractivity contribution in [1.29, 1.82) is 0 Å². The van der Waals surface area contributed by atoms with Crippen molar-refractivity contribution < 1.29 is 9.47 Å². The van der Waals surface area contributed by atoms with Crippen LogP contribution in [0, 0.1) is 11.8 Å². The molecule has 2 aliphatic heterocycles. The molecule has 0 N–H and O–H groups in total. The lowest BCUT2D eigenvalue weighted by Crippen LogP contribution is -2.42. The van der Waals surface area contributed by atoms with Crippen molar-refractivity contribution in [1.82, 2.24) is 9.80 Å². The van der Waals surface area contributed by atoms with Gasteiger partial charge in [0.15, 0.2) is 0 Å². The zero-order valence-corrected chi connectivity index (χ0v) is 14.0. The fraction of sp³-hybridized carbons (Fsp3) is 0.667. The topological polar surface area (TPSA) is 24.9 Å². The van der Waals surface area contributed by atoms with Gasteiger partial charge in [-0.05, 0) is 50.7 Å². The van der Waals surface area contributed by atoms with Crippen molar-refractivity contribution in [2.75, 3.05) is 47.4 Å². The molecule has 2 fully saturated rings. The number of fused-ring (bicyclic) bond motifs is 1. The molecule has 2 heterocycles. The smallest absolute Gasteiger partial charge is 0.118 e. The third-order valence-corrected chi connectivity index (χ3v) is 4.99. The number of ether oxygens (including phenoxy) is 2. The van der Waals surface area contributed by atoms with Gasteiger partial charge in [-0.25, -0.2) is 0 Å². The number of rotatable bonds is 5. The van der Waals surface area contributed by atoms with Gasteiger partial charge in [-0.2, -0.15) is 0 Å². The SMILES string of the molecule is COc1ccc(CN2CC[C@H]3[C@H](CO[C@H]3CN(C)C)C2)cc1. The molecule has 4 nitrogen and oxygen atoms in total. The Labute approximate surface area is 134 Å². The maximum Gasteiger partial charge on any atom is 0.118 e. The summed E-state index contributed by atoms with van der Waals surface area (Å²) in [4.78, 5) is 4.82. The van der Waals surface area contributed by atoms with Crippen LogP contribution in [0.4, 0.5) is 0 Å². The van der Waals surface area contributed by atoms with Crippen LogP contribution in [-0.4, -0.2) is 63.4 Å². The average Bonchev–Trinajstić information content (AvgIpc) is 2.90. The summed E-state index contributed by atoms with van der Waals surface area (Å²) in [6, 6.07) is 8.44. The Morgan fingerprint density at radius 1 is 1.27 bits per heavy atom. The van der Waals surface area contributed by atoms with Gasteiger partial charge in [0, 0.05) is 25.6 Å². The van der Waals surface area contributed by atoms with Crippen LogP contribution < -0.4 is 4.74 Å². The normalized spacial score (nSPS) is 28.8. The molecule has 2 aliphatic rings. The molecule has 0 saturated carbocycles. The third-order valence-electron chi connectivity index (χ3n) is 4.99. The van der Waals surface area contributed by atoms with Crippen LogP contribution in [0.1, 0.15) is 12.0 Å². The maximum absolute atomic E-state index is 6.05. The van der Waals surface area contributed by atoms with Crippen LogP contribution >= 0.6 is 0 Å². The first kappa shape index (κ1) is 15.8. The second kappa shape index (κ2) is 6.99. The summed E-state index contributed by atoms with van der Waals surface area (Å²) in [6.07, 6.45) is 1.70. The van der Waals surface area contributed by atoms with E-state index in [1.807, 2.05) is 12.1 Å². The van der Waals surface area contributed by atoms with Gasteiger partial charge in [-0.15, -0.1) is 0 Å². The van der Waals surface area contributed by atoms with E-state index in [1.54, 1.807) is 7.11 Å². The Morgan fingerprint density at radius 3 is 2.73 bits per heavy atom. The van der Waals surface area contributed by atoms with Crippen molar-refractivity contribution in [3.8, 4) is 5.75 Å². The van der Waals surface area contributed by atoms with Gasteiger partial charge < -0.3 is 14.4 Å². The molecule has 3 rings (SSSR count). The molecule has 1 aromatic carbocycles. The lowest BCUT2D eigenvalue weighted by atomic mass is 9.84. The quantitative estimate of drug-likeness (QED) is 0.832. The molecular weight excluding hydrogens is 276 g/mol. The average molecular weight is 304 g/mol. The fourth-order valence-corrected chi connectivity index (χ4v) is 3.84. The summed E-state index contributed by atoms with van der Waals surface area (Å²) in [5.74, 6) is 2.38. The lowest BCUT2D eigenvalue weighted by molar-refractivity contribution is 0.0626. The monoisotopic (exact) mass is 304 g/mol. The summed E-state index contributed by atoms with van der Waals surface area (Å²) < 4.78 is 11.3. The number of piperidine rings is 1. The van der Waals surface area contributed by atoms with Gasteiger partial charge in [0.2, 0.25) is 0 Å². The zero-order chi connectivity index (χ0) is 15.5. The highest BCUT2D eigenvalue weighted by atomic mass is 16.5. The highest BCUT2D eigenvalue weighted by molar-refractivity contribution is 5.27. The number of likely N-dealkylation sites (N-methyl/N-ethyl adjacent to an activating group) is 1. The van der Waals surface area contributed by atoms with Crippen LogP contribution in [0.5, 0.6) is 5.75 Å². The summed E-state index contributed by atoms with van der Waals surface area (Å²) in [6.45, 7) is 5.37. The van der Waals surface area contributed by atoms with Gasteiger partial charge >= 0.3 is 0 Å². The molecule has 0 aromatic heterocycles. The van der Waals surface area contributed by atoms with Crippen LogP contribution in [0.15, 0.2) is 24.3 Å². The van der Waals surface area contributed by atoms with Gasteiger partial charge in [-0.3, -0.25) is 4.90 Å². The molecule has 0 aliphatic carbocycles. The summed E-state index contributed by atoms with van der Waals surface area (Å²) in [5, 5.41) is 0. The number of methoxy groups -OCH3 is 1. The van der Waals surface area contributed by atoms with Crippen LogP contribution in [-0.2, 0) is 11.3 Å². The molecule has 1 aromatic rings. The third kappa shape index (κ3) is 3.62. The van der Waals surface area contributed by atoms with Gasteiger partial charge in [0.1, 0.15) is 5.75 Å². The number of hydrogen-bond donors (Lipinski definition) is 0. The van der Waals surface area contributed by atoms with E-state index in [4.69, 9.17) is 9.47 Å². The summed E-state index contributed by atoms with van der Waals surface area (Å²) in [5.41, 5.74) is 1.36. The van der Waals surface area contributed by atoms with Crippen molar-refractivity contribution in [3.63, 3.8) is 0 Å². The number of benzene rings is 1. The Balaban J connectivity index is 1.54. The first-order chi connectivity index (χ1) is 10.7. The highest BCUT2D eigenvalue weighted by Crippen LogP contribution is 2.35. The molecule has 2 saturated heterocycles. The van der Waals surface area contributed by atoms with Crippen molar-refractivity contribution >= 4 is 0 Å². The molecule has 0 bridgehead atoms. The van der Waals surface area contributed by atoms with E-state index in [2.05, 4.69) is 36.0 Å². The van der Waals surface area contributed by atoms with E-state index < -0.39 is 0 Å². The zero-order valence-electron chi connectivity index (χ0n) is 14.0. The Hall–Kier alpha value is -1.10. The van der Waals surface area contributed by atoms with E-state index in [0.29, 0.717) is 12.0 Å². The molecule has 4 heteroatoms. The minimum absolute atomic E-state index is 0.433. The van der Waals surface area contributed by atoms with Crippen molar-refractivity contribution in [3.05, 3.63) is 29.8 Å². The van der Waals surface area contributed by atoms with Crippen LogP contribution in [0.25, 0.3) is 0 Å². The van der Waals surface area contributed by atoms with E-state index in [1.165, 1.54) is 25.1 Å². The van der Waals surface area contributed by atoms with Gasteiger partial charge in [0.05, 0.1) is 19.8 Å². The van der Waals surface area contributed by atoms with Gasteiger partial charge in [-0.1, -0.05) is 12.1 Å². The number of nitrogens with zero attached hydrogens (tertiary/aromatic N) is 2. The molecule has 0 spiro atoms. The molecule has 0 amide bonds. The standard InChI is InChI=1S/C18H28N2O2/c1-19(2)12-18-17-8-9-20(11-15(17)13-22-18)10-14-4-6-16(21-3)7-5-14/h4-7,15,17-18H,8-13H2,1-3H3/t15-,17-,18-/m0/s1. The molecule has 0 radical (unpaired) electrons. The van der Waals surface area contributed by atoms with Crippen molar-refractivity contribution in [2.45, 2.75) is 19.1 Å². The molecule has 3 atom stereocenters. The molecular formula is C18H28N2O2. The van der Waals surface area contributed by atoms with E-state index in [-0.39, 0.29) is 0 Å². The minimum Gasteiger partial charge on any atom is -0.497 e. The van der Waals surface area contributed by atoms with E-state index in [0.717, 1.165) is 31.4 Å². The van der Waals surface area contributed by atoms with E-state index in [9.17, 15) is 0 Å². The Bertz CT molecular complexity index is 474. The molecule has 122 valence electrons. The largest absolute Gasteiger partial charge is 0.497 e. The number of hydrogen-bond acceptors (Lipinski definition) is 4. The summed E-state index contributed by atoms with van der Waals surface area (Å²) in [7, 11) is 5.98. The maximum atomic E-state index is 6.05. The minimum atomic E-state index is 0.433. The number of likely N-dealkylation sites (tertiary alicyclic amines) is 1. The van der Waals surface area contributed by atoms with Crippen LogP contribution in [0.2, 0.25) is 0 Å². The first-order valence-electron chi connectivity index (χ1n) is 8.27. The van der Waals surface area contributed by atoms with E-state index >= 15 is 0 Å². The molecule has 22 heavy (non-hydrogen) atoms. The second-order valence-electron chi connectivity index (χ2n) is 6.93.